The fourth-order valence-electron chi connectivity index (χ4n) is 5.07. The number of carbonyl (C=O) groups is 1. The maximum absolute atomic E-state index is 12.7. The average molecular weight is 460 g/mol. The van der Waals surface area contributed by atoms with Gasteiger partial charge in [0.2, 0.25) is 0 Å². The van der Waals surface area contributed by atoms with Crippen molar-refractivity contribution in [2.45, 2.75) is 63.8 Å². The van der Waals surface area contributed by atoms with Crippen molar-refractivity contribution in [3.05, 3.63) is 28.3 Å². The smallest absolute Gasteiger partial charge is 0.307 e. The second-order valence-corrected chi connectivity index (χ2v) is 10.5. The third kappa shape index (κ3) is 5.31. The van der Waals surface area contributed by atoms with Crippen molar-refractivity contribution < 1.29 is 13.2 Å². The zero-order valence-electron chi connectivity index (χ0n) is 18.5. The largest absolute Gasteiger partial charge is 0.333 e. The van der Waals surface area contributed by atoms with Crippen LogP contribution in [0.1, 0.15) is 54.4 Å². The van der Waals surface area contributed by atoms with Crippen molar-refractivity contribution in [1.82, 2.24) is 13.9 Å². The molecule has 1 saturated heterocycles. The van der Waals surface area contributed by atoms with Crippen LogP contribution in [0.3, 0.4) is 0 Å². The fraction of sp³-hybridized carbons (Fsp3) is 0.667. The molecule has 0 saturated carbocycles. The molecule has 1 heterocycles. The number of fused-ring (bicyclic) bond motifs is 2. The SMILES string of the molecule is CN1CCCCC1CN(C)S(=O)(=O)NC(=O)Nc1c2c(cc3c1CCC3)CCC2.[K]. The molecule has 0 spiro atoms. The molecule has 7 nitrogen and oxygen atoms in total. The number of hydrogen-bond donors (Lipinski definition) is 2. The van der Waals surface area contributed by atoms with Crippen LogP contribution in [0.4, 0.5) is 10.5 Å². The maximum atomic E-state index is 12.7. The quantitative estimate of drug-likeness (QED) is 0.661. The van der Waals surface area contributed by atoms with Crippen LogP contribution >= 0.6 is 0 Å². The number of aryl methyl sites for hydroxylation is 2. The summed E-state index contributed by atoms with van der Waals surface area (Å²) in [5, 5.41) is 2.90. The molecule has 1 aliphatic heterocycles. The van der Waals surface area contributed by atoms with Gasteiger partial charge in [-0.1, -0.05) is 12.5 Å². The van der Waals surface area contributed by atoms with Gasteiger partial charge in [0, 0.05) is 76.7 Å². The number of carbonyl (C=O) groups excluding carboxylic acids is 1. The molecule has 0 aromatic heterocycles. The van der Waals surface area contributed by atoms with Gasteiger partial charge in [0.1, 0.15) is 0 Å². The number of hydrogen-bond acceptors (Lipinski definition) is 4. The normalized spacial score (nSPS) is 21.1. The van der Waals surface area contributed by atoms with E-state index < -0.39 is 16.2 Å². The average Bonchev–Trinajstić information content (AvgIpc) is 3.32. The summed E-state index contributed by atoms with van der Waals surface area (Å²) in [4.78, 5) is 14.9. The molecule has 9 heteroatoms. The van der Waals surface area contributed by atoms with Crippen molar-refractivity contribution in [3.8, 4) is 0 Å². The summed E-state index contributed by atoms with van der Waals surface area (Å²) in [6.45, 7) is 1.37. The molecule has 1 atom stereocenters. The Kier molecular flexibility index (Phi) is 8.45. The minimum absolute atomic E-state index is 0. The molecular weight excluding hydrogens is 427 g/mol. The third-order valence-corrected chi connectivity index (χ3v) is 8.15. The molecule has 1 aromatic carbocycles. The number of anilines is 1. The number of likely N-dealkylation sites (N-methyl/N-ethyl adjacent to an activating group) is 2. The molecule has 3 aliphatic rings. The van der Waals surface area contributed by atoms with E-state index in [1.165, 1.54) is 33.6 Å². The molecule has 1 fully saturated rings. The molecule has 1 radical (unpaired) electrons. The first kappa shape index (κ1) is 24.6. The molecule has 1 unspecified atom stereocenters. The van der Waals surface area contributed by atoms with Gasteiger partial charge in [-0.2, -0.15) is 12.7 Å². The topological polar surface area (TPSA) is 81.8 Å². The van der Waals surface area contributed by atoms with Crippen molar-refractivity contribution in [1.29, 1.82) is 0 Å². The van der Waals surface area contributed by atoms with Crippen molar-refractivity contribution in [2.75, 3.05) is 32.5 Å². The van der Waals surface area contributed by atoms with Crippen LogP contribution in [0.2, 0.25) is 0 Å². The molecule has 161 valence electrons. The van der Waals surface area contributed by atoms with Crippen LogP contribution in [0.25, 0.3) is 0 Å². The van der Waals surface area contributed by atoms with Crippen LogP contribution in [0.5, 0.6) is 0 Å². The van der Waals surface area contributed by atoms with Crippen LogP contribution in [-0.2, 0) is 35.9 Å². The molecule has 30 heavy (non-hydrogen) atoms. The van der Waals surface area contributed by atoms with E-state index in [-0.39, 0.29) is 57.4 Å². The second kappa shape index (κ2) is 10.3. The number of amides is 2. The van der Waals surface area contributed by atoms with Gasteiger partial charge in [-0.25, -0.2) is 9.52 Å². The van der Waals surface area contributed by atoms with E-state index >= 15 is 0 Å². The number of nitrogens with zero attached hydrogens (tertiary/aromatic N) is 2. The van der Waals surface area contributed by atoms with Gasteiger partial charge in [0.05, 0.1) is 0 Å². The van der Waals surface area contributed by atoms with E-state index in [1.807, 2.05) is 7.05 Å². The van der Waals surface area contributed by atoms with Crippen molar-refractivity contribution >= 4 is 73.3 Å². The van der Waals surface area contributed by atoms with E-state index in [9.17, 15) is 13.2 Å². The number of nitrogens with one attached hydrogen (secondary N) is 2. The maximum Gasteiger partial charge on any atom is 0.333 e. The minimum Gasteiger partial charge on any atom is -0.307 e. The Bertz CT molecular complexity index is 874. The van der Waals surface area contributed by atoms with Gasteiger partial charge in [-0.05, 0) is 87.2 Å². The standard InChI is InChI=1S/C21H32N4O3S.K/c1-24-12-4-3-9-17(24)14-25(2)29(27,28)23-21(26)22-20-18-10-5-7-15(18)13-16-8-6-11-19(16)20;/h13,17H,3-12,14H2,1-2H3,(H2,22,23,26);. The Morgan fingerprint density at radius 2 is 1.73 bits per heavy atom. The first-order valence-electron chi connectivity index (χ1n) is 10.8. The third-order valence-electron chi connectivity index (χ3n) is 6.73. The summed E-state index contributed by atoms with van der Waals surface area (Å²) >= 11 is 0. The van der Waals surface area contributed by atoms with Crippen molar-refractivity contribution in [2.24, 2.45) is 0 Å². The summed E-state index contributed by atoms with van der Waals surface area (Å²) < 4.78 is 28.9. The minimum atomic E-state index is -3.89. The Morgan fingerprint density at radius 1 is 1.10 bits per heavy atom. The van der Waals surface area contributed by atoms with E-state index in [0.29, 0.717) is 6.54 Å². The molecule has 2 N–H and O–H groups in total. The van der Waals surface area contributed by atoms with E-state index in [2.05, 4.69) is 21.0 Å². The molecule has 1 aromatic rings. The predicted octanol–water partition coefficient (Wildman–Crippen LogP) is 2.07. The summed E-state index contributed by atoms with van der Waals surface area (Å²) in [6, 6.07) is 1.82. The Hall–Kier alpha value is -0.00364. The zero-order valence-corrected chi connectivity index (χ0v) is 22.4. The number of urea groups is 1. The Balaban J connectivity index is 0.00000256. The second-order valence-electron chi connectivity index (χ2n) is 8.71. The first-order valence-corrected chi connectivity index (χ1v) is 12.2. The van der Waals surface area contributed by atoms with Crippen LogP contribution in [0, 0.1) is 0 Å². The fourth-order valence-corrected chi connectivity index (χ4v) is 5.88. The van der Waals surface area contributed by atoms with Gasteiger partial charge in [0.25, 0.3) is 0 Å². The van der Waals surface area contributed by atoms with Crippen molar-refractivity contribution in [3.63, 3.8) is 0 Å². The number of piperidine rings is 1. The molecule has 2 aliphatic carbocycles. The first-order chi connectivity index (χ1) is 13.8. The molecule has 0 bridgehead atoms. The van der Waals surface area contributed by atoms with Gasteiger partial charge >= 0.3 is 16.2 Å². The predicted molar refractivity (Wildman–Crippen MR) is 120 cm³/mol. The summed E-state index contributed by atoms with van der Waals surface area (Å²) in [5.41, 5.74) is 5.85. The van der Waals surface area contributed by atoms with Crippen LogP contribution in [-0.4, -0.2) is 108 Å². The van der Waals surface area contributed by atoms with E-state index in [1.54, 1.807) is 0 Å². The molecular formula is C21H32KN4O3S. The van der Waals surface area contributed by atoms with Crippen LogP contribution < -0.4 is 10.0 Å². The van der Waals surface area contributed by atoms with Crippen LogP contribution in [0.15, 0.2) is 6.07 Å². The number of likely N-dealkylation sites (tertiary alicyclic amines) is 1. The van der Waals surface area contributed by atoms with E-state index in [0.717, 1.165) is 70.0 Å². The van der Waals surface area contributed by atoms with E-state index in [4.69, 9.17) is 0 Å². The van der Waals surface area contributed by atoms with Gasteiger partial charge < -0.3 is 10.2 Å². The number of benzene rings is 1. The van der Waals surface area contributed by atoms with Gasteiger partial charge in [-0.15, -0.1) is 0 Å². The zero-order chi connectivity index (χ0) is 20.6. The summed E-state index contributed by atoms with van der Waals surface area (Å²) in [5.74, 6) is 0. The summed E-state index contributed by atoms with van der Waals surface area (Å²) in [6.07, 6.45) is 9.37. The Labute approximate surface area is 222 Å². The van der Waals surface area contributed by atoms with Gasteiger partial charge in [-0.3, -0.25) is 0 Å². The molecule has 4 rings (SSSR count). The summed E-state index contributed by atoms with van der Waals surface area (Å²) in [7, 11) is -0.320. The Morgan fingerprint density at radius 3 is 2.33 bits per heavy atom. The molecule has 2 amide bonds. The van der Waals surface area contributed by atoms with Gasteiger partial charge in [0.15, 0.2) is 0 Å². The monoisotopic (exact) mass is 459 g/mol. The number of rotatable bonds is 5.